The smallest absolute Gasteiger partial charge is 0.327 e. The molecule has 5 rings (SSSR count). The predicted molar refractivity (Wildman–Crippen MR) is 133 cm³/mol. The van der Waals surface area contributed by atoms with Gasteiger partial charge in [-0.2, -0.15) is 0 Å². The lowest BCUT2D eigenvalue weighted by Gasteiger charge is -2.12. The highest BCUT2D eigenvalue weighted by atomic mass is 35.5. The summed E-state index contributed by atoms with van der Waals surface area (Å²) in [6.07, 6.45) is 8.82. The molecule has 0 radical (unpaired) electrons. The molecule has 0 aliphatic rings. The quantitative estimate of drug-likeness (QED) is 0.277. The molecule has 34 heavy (non-hydrogen) atoms. The van der Waals surface area contributed by atoms with Crippen LogP contribution in [0.15, 0.2) is 72.2 Å². The monoisotopic (exact) mass is 478 g/mol. The third kappa shape index (κ3) is 4.49. The van der Waals surface area contributed by atoms with Crippen molar-refractivity contribution in [3.63, 3.8) is 0 Å². The SMILES string of the molecule is O=c1[nH]c(NCCc2c[nH]c3ccccc23)c(-c2ccc(Cl)c(F)c2)n1CCCn1ccnc1. The van der Waals surface area contributed by atoms with Crippen molar-refractivity contribution in [3.8, 4) is 11.3 Å². The molecule has 7 nitrogen and oxygen atoms in total. The summed E-state index contributed by atoms with van der Waals surface area (Å²) in [7, 11) is 0. The Bertz CT molecular complexity index is 1470. The maximum Gasteiger partial charge on any atom is 0.327 e. The summed E-state index contributed by atoms with van der Waals surface area (Å²) in [4.78, 5) is 23.1. The Morgan fingerprint density at radius 1 is 1.15 bits per heavy atom. The van der Waals surface area contributed by atoms with Crippen molar-refractivity contribution < 1.29 is 4.39 Å². The third-order valence-corrected chi connectivity index (χ3v) is 6.21. The van der Waals surface area contributed by atoms with Crippen LogP contribution in [0.2, 0.25) is 5.02 Å². The lowest BCUT2D eigenvalue weighted by Crippen LogP contribution is -2.18. The second kappa shape index (κ2) is 9.61. The number of aromatic amines is 2. The molecule has 0 saturated heterocycles. The van der Waals surface area contributed by atoms with E-state index in [2.05, 4.69) is 26.3 Å². The number of nitrogens with zero attached hydrogens (tertiary/aromatic N) is 3. The number of aromatic nitrogens is 5. The Hall–Kier alpha value is -3.78. The van der Waals surface area contributed by atoms with Crippen molar-refractivity contribution in [2.75, 3.05) is 11.9 Å². The molecule has 0 spiro atoms. The number of aryl methyl sites for hydroxylation is 1. The maximum atomic E-state index is 14.3. The summed E-state index contributed by atoms with van der Waals surface area (Å²) in [6, 6.07) is 12.7. The van der Waals surface area contributed by atoms with Crippen LogP contribution in [-0.4, -0.2) is 30.6 Å². The first kappa shape index (κ1) is 22.0. The minimum Gasteiger partial charge on any atom is -0.369 e. The highest BCUT2D eigenvalue weighted by Crippen LogP contribution is 2.29. The Morgan fingerprint density at radius 3 is 2.85 bits per heavy atom. The van der Waals surface area contributed by atoms with Crippen molar-refractivity contribution in [1.82, 2.24) is 24.1 Å². The summed E-state index contributed by atoms with van der Waals surface area (Å²) >= 11 is 5.90. The van der Waals surface area contributed by atoms with E-state index in [9.17, 15) is 9.18 Å². The van der Waals surface area contributed by atoms with E-state index in [1.54, 1.807) is 23.2 Å². The maximum absolute atomic E-state index is 14.3. The number of fused-ring (bicyclic) bond motifs is 1. The third-order valence-electron chi connectivity index (χ3n) is 5.91. The van der Waals surface area contributed by atoms with Crippen LogP contribution < -0.4 is 11.0 Å². The molecule has 0 aliphatic heterocycles. The lowest BCUT2D eigenvalue weighted by molar-refractivity contribution is 0.556. The second-order valence-corrected chi connectivity index (χ2v) is 8.53. The molecule has 0 unspecified atom stereocenters. The van der Waals surface area contributed by atoms with Crippen molar-refractivity contribution in [2.24, 2.45) is 0 Å². The van der Waals surface area contributed by atoms with E-state index in [1.807, 2.05) is 35.2 Å². The molecule has 0 fully saturated rings. The van der Waals surface area contributed by atoms with Gasteiger partial charge in [0, 0.05) is 54.7 Å². The fraction of sp³-hybridized carbons (Fsp3) is 0.200. The first-order valence-electron chi connectivity index (χ1n) is 11.1. The minimum atomic E-state index is -0.525. The fourth-order valence-electron chi connectivity index (χ4n) is 4.25. The van der Waals surface area contributed by atoms with Gasteiger partial charge in [0.05, 0.1) is 17.0 Å². The average molecular weight is 479 g/mol. The zero-order valence-electron chi connectivity index (χ0n) is 18.4. The summed E-state index contributed by atoms with van der Waals surface area (Å²) in [5.41, 5.74) is 3.23. The molecule has 174 valence electrons. The van der Waals surface area contributed by atoms with Gasteiger partial charge in [0.2, 0.25) is 0 Å². The molecule has 0 atom stereocenters. The van der Waals surface area contributed by atoms with E-state index in [4.69, 9.17) is 11.6 Å². The van der Waals surface area contributed by atoms with E-state index in [0.29, 0.717) is 36.6 Å². The second-order valence-electron chi connectivity index (χ2n) is 8.12. The number of hydrogen-bond donors (Lipinski definition) is 3. The van der Waals surface area contributed by atoms with Crippen LogP contribution in [0, 0.1) is 5.82 Å². The van der Waals surface area contributed by atoms with Crippen LogP contribution in [0.1, 0.15) is 12.0 Å². The normalized spacial score (nSPS) is 11.4. The molecule has 3 heterocycles. The number of hydrogen-bond acceptors (Lipinski definition) is 3. The molecule has 2 aromatic carbocycles. The van der Waals surface area contributed by atoms with Crippen molar-refractivity contribution >= 4 is 28.3 Å². The number of rotatable bonds is 9. The van der Waals surface area contributed by atoms with Gasteiger partial charge in [-0.25, -0.2) is 14.2 Å². The number of halogens is 2. The van der Waals surface area contributed by atoms with Crippen LogP contribution in [0.3, 0.4) is 0 Å². The number of imidazole rings is 2. The van der Waals surface area contributed by atoms with Gasteiger partial charge in [-0.05, 0) is 36.6 Å². The van der Waals surface area contributed by atoms with Gasteiger partial charge in [0.15, 0.2) is 0 Å². The molecule has 0 saturated carbocycles. The Kier molecular flexibility index (Phi) is 6.22. The van der Waals surface area contributed by atoms with Crippen LogP contribution in [-0.2, 0) is 19.5 Å². The van der Waals surface area contributed by atoms with Gasteiger partial charge in [0.1, 0.15) is 11.6 Å². The summed E-state index contributed by atoms with van der Waals surface area (Å²) < 4.78 is 17.9. The van der Waals surface area contributed by atoms with E-state index in [-0.39, 0.29) is 10.7 Å². The molecule has 5 aromatic rings. The summed E-state index contributed by atoms with van der Waals surface area (Å²) in [5, 5.41) is 4.57. The standard InChI is InChI=1S/C25H24ClFN6O/c26-20-7-6-17(14-21(20)27)23-24(29-9-8-18-15-30-22-5-2-1-4-19(18)22)31-25(34)33(23)12-3-11-32-13-10-28-16-32/h1-2,4-7,10,13-16,29-30H,3,8-9,11-12H2,(H,31,34). The molecule has 0 amide bonds. The number of anilines is 1. The summed E-state index contributed by atoms with van der Waals surface area (Å²) in [5.74, 6) is 0.0386. The molecular weight excluding hydrogens is 455 g/mol. The van der Waals surface area contributed by atoms with Gasteiger partial charge in [-0.1, -0.05) is 35.9 Å². The summed E-state index contributed by atoms with van der Waals surface area (Å²) in [6.45, 7) is 1.78. The van der Waals surface area contributed by atoms with Crippen molar-refractivity contribution in [3.05, 3.63) is 94.3 Å². The average Bonchev–Trinajstić information content (AvgIpc) is 3.56. The highest BCUT2D eigenvalue weighted by molar-refractivity contribution is 6.30. The van der Waals surface area contributed by atoms with Crippen LogP contribution in [0.25, 0.3) is 22.2 Å². The van der Waals surface area contributed by atoms with Gasteiger partial charge >= 0.3 is 5.69 Å². The number of H-pyrrole nitrogens is 2. The molecule has 9 heteroatoms. The van der Waals surface area contributed by atoms with Gasteiger partial charge in [-0.15, -0.1) is 0 Å². The Labute approximate surface area is 200 Å². The van der Waals surface area contributed by atoms with E-state index >= 15 is 0 Å². The lowest BCUT2D eigenvalue weighted by atomic mass is 10.1. The van der Waals surface area contributed by atoms with Crippen LogP contribution in [0.5, 0.6) is 0 Å². The predicted octanol–water partition coefficient (Wildman–Crippen LogP) is 5.06. The molecule has 0 bridgehead atoms. The first-order valence-corrected chi connectivity index (χ1v) is 11.5. The van der Waals surface area contributed by atoms with Crippen LogP contribution >= 0.6 is 11.6 Å². The van der Waals surface area contributed by atoms with Gasteiger partial charge < -0.3 is 14.9 Å². The zero-order valence-corrected chi connectivity index (χ0v) is 19.1. The first-order chi connectivity index (χ1) is 16.6. The number of para-hydroxylation sites is 1. The van der Waals surface area contributed by atoms with E-state index in [0.717, 1.165) is 18.5 Å². The van der Waals surface area contributed by atoms with E-state index < -0.39 is 5.82 Å². The van der Waals surface area contributed by atoms with Crippen molar-refractivity contribution in [1.29, 1.82) is 0 Å². The fourth-order valence-corrected chi connectivity index (χ4v) is 4.36. The minimum absolute atomic E-state index is 0.0436. The van der Waals surface area contributed by atoms with Crippen LogP contribution in [0.4, 0.5) is 10.2 Å². The Morgan fingerprint density at radius 2 is 2.03 bits per heavy atom. The Balaban J connectivity index is 1.39. The largest absolute Gasteiger partial charge is 0.369 e. The molecule has 3 aromatic heterocycles. The van der Waals surface area contributed by atoms with Gasteiger partial charge in [-0.3, -0.25) is 9.55 Å². The topological polar surface area (TPSA) is 83.4 Å². The zero-order chi connectivity index (χ0) is 23.5. The van der Waals surface area contributed by atoms with Gasteiger partial charge in [0.25, 0.3) is 0 Å². The van der Waals surface area contributed by atoms with E-state index in [1.165, 1.54) is 23.1 Å². The highest BCUT2D eigenvalue weighted by Gasteiger charge is 2.17. The molecule has 0 aliphatic carbocycles. The number of benzene rings is 2. The molecular formula is C25H24ClFN6O. The number of nitrogens with one attached hydrogen (secondary N) is 3. The van der Waals surface area contributed by atoms with Crippen molar-refractivity contribution in [2.45, 2.75) is 25.9 Å². The molecule has 3 N–H and O–H groups in total.